The molecule has 0 bridgehead atoms. The fourth-order valence-corrected chi connectivity index (χ4v) is 5.28. The first kappa shape index (κ1) is 27.4. The fourth-order valence-electron chi connectivity index (χ4n) is 5.28. The van der Waals surface area contributed by atoms with Crippen LogP contribution in [0.5, 0.6) is 0 Å². The number of nitrogens with zero attached hydrogens (tertiary/aromatic N) is 3. The van der Waals surface area contributed by atoms with Crippen molar-refractivity contribution >= 4 is 17.8 Å². The summed E-state index contributed by atoms with van der Waals surface area (Å²) in [6.45, 7) is 5.31. The molecule has 0 unspecified atom stereocenters. The number of ether oxygens (including phenoxy) is 1. The van der Waals surface area contributed by atoms with Crippen molar-refractivity contribution < 1.29 is 32.3 Å². The zero-order valence-electron chi connectivity index (χ0n) is 21.5. The molecule has 12 heteroatoms. The number of hydrogen-bond donors (Lipinski definition) is 2. The second-order valence-electron chi connectivity index (χ2n) is 9.55. The van der Waals surface area contributed by atoms with E-state index in [-0.39, 0.29) is 29.9 Å². The van der Waals surface area contributed by atoms with Crippen molar-refractivity contribution in [3.05, 3.63) is 95.2 Å². The van der Waals surface area contributed by atoms with Gasteiger partial charge in [-0.1, -0.05) is 54.6 Å². The fraction of sp³-hybridized carbons (Fsp3) is 0.321. The lowest BCUT2D eigenvalue weighted by molar-refractivity contribution is -0.141. The topological polar surface area (TPSA) is 94.2 Å². The summed E-state index contributed by atoms with van der Waals surface area (Å²) in [5, 5.41) is 4.29. The van der Waals surface area contributed by atoms with Crippen molar-refractivity contribution in [1.29, 1.82) is 0 Å². The molecule has 0 spiro atoms. The zero-order valence-corrected chi connectivity index (χ0v) is 21.5. The predicted molar refractivity (Wildman–Crippen MR) is 138 cm³/mol. The largest absolute Gasteiger partial charge is 0.416 e. The number of morpholine rings is 1. The predicted octanol–water partition coefficient (Wildman–Crippen LogP) is 3.16. The molecule has 0 saturated carbocycles. The van der Waals surface area contributed by atoms with Crippen molar-refractivity contribution in [3.63, 3.8) is 0 Å². The number of carbonyl (C=O) groups is 3. The number of hydrogen-bond acceptors (Lipinski definition) is 5. The Labute approximate surface area is 228 Å². The van der Waals surface area contributed by atoms with Crippen LogP contribution in [0, 0.1) is 0 Å². The number of rotatable bonds is 7. The molecule has 0 aromatic heterocycles. The van der Waals surface area contributed by atoms with Gasteiger partial charge in [-0.25, -0.2) is 9.80 Å². The molecule has 0 aliphatic carbocycles. The van der Waals surface area contributed by atoms with Gasteiger partial charge in [0.15, 0.2) is 0 Å². The second kappa shape index (κ2) is 11.1. The van der Waals surface area contributed by atoms with Crippen LogP contribution in [0.2, 0.25) is 0 Å². The Morgan fingerprint density at radius 1 is 1.10 bits per heavy atom. The average molecular weight is 556 g/mol. The van der Waals surface area contributed by atoms with Gasteiger partial charge in [-0.15, -0.1) is 6.58 Å². The summed E-state index contributed by atoms with van der Waals surface area (Å²) in [6, 6.07) is 10.3. The molecule has 4 amide bonds. The van der Waals surface area contributed by atoms with Gasteiger partial charge in [0.2, 0.25) is 0 Å². The third-order valence-corrected chi connectivity index (χ3v) is 7.09. The molecule has 2 N–H and O–H groups in total. The van der Waals surface area contributed by atoms with E-state index >= 15 is 0 Å². The van der Waals surface area contributed by atoms with E-state index in [4.69, 9.17) is 4.74 Å². The molecule has 1 saturated heterocycles. The van der Waals surface area contributed by atoms with Gasteiger partial charge in [0.05, 0.1) is 42.6 Å². The standard InChI is InChI=1S/C28H28F3N5O4/c1-2-12-35-21-17-36(24(18-8-4-3-5-9-18)25(37)33-34-13-15-40-16-14-34)26(38)22(21)23(32-27(35)39)19-10-6-7-11-20(19)28(29,30)31/h2-11,23-24H,1,12-17H2,(H,32,39)(H,33,37)/t23-,24+/m0/s1. The summed E-state index contributed by atoms with van der Waals surface area (Å²) in [7, 11) is 0. The van der Waals surface area contributed by atoms with E-state index in [9.17, 15) is 27.6 Å². The molecule has 3 aliphatic heterocycles. The Hall–Kier alpha value is -4.16. The summed E-state index contributed by atoms with van der Waals surface area (Å²) in [5.41, 5.74) is 2.38. The summed E-state index contributed by atoms with van der Waals surface area (Å²) in [4.78, 5) is 43.5. The number of hydrazine groups is 1. The van der Waals surface area contributed by atoms with Gasteiger partial charge in [-0.2, -0.15) is 13.2 Å². The van der Waals surface area contributed by atoms with Gasteiger partial charge < -0.3 is 15.0 Å². The molecule has 9 nitrogen and oxygen atoms in total. The Balaban J connectivity index is 1.57. The van der Waals surface area contributed by atoms with Crippen LogP contribution in [0.3, 0.4) is 0 Å². The minimum absolute atomic E-state index is 0.0155. The van der Waals surface area contributed by atoms with E-state index in [0.29, 0.717) is 31.9 Å². The van der Waals surface area contributed by atoms with Gasteiger partial charge in [0, 0.05) is 19.6 Å². The van der Waals surface area contributed by atoms with Crippen molar-refractivity contribution in [2.75, 3.05) is 39.4 Å². The normalized spacial score (nSPS) is 20.7. The quantitative estimate of drug-likeness (QED) is 0.512. The smallest absolute Gasteiger partial charge is 0.379 e. The highest BCUT2D eigenvalue weighted by Crippen LogP contribution is 2.43. The van der Waals surface area contributed by atoms with Gasteiger partial charge >= 0.3 is 12.2 Å². The average Bonchev–Trinajstić information content (AvgIpc) is 3.27. The van der Waals surface area contributed by atoms with Crippen LogP contribution in [0.15, 0.2) is 78.5 Å². The van der Waals surface area contributed by atoms with E-state index in [1.54, 1.807) is 35.3 Å². The minimum atomic E-state index is -4.72. The van der Waals surface area contributed by atoms with Gasteiger partial charge in [0.25, 0.3) is 11.8 Å². The van der Waals surface area contributed by atoms with Crippen LogP contribution in [0.4, 0.5) is 18.0 Å². The Bertz CT molecular complexity index is 1340. The highest BCUT2D eigenvalue weighted by molar-refractivity contribution is 6.04. The van der Waals surface area contributed by atoms with Crippen molar-refractivity contribution in [3.8, 4) is 0 Å². The van der Waals surface area contributed by atoms with E-state index < -0.39 is 41.7 Å². The SMILES string of the molecule is C=CCN1C(=O)N[C@@H](c2ccccc2C(F)(F)F)C2=C1CN([C@@H](C(=O)NN1CCOCC1)c1ccccc1)C2=O. The van der Waals surface area contributed by atoms with Crippen LogP contribution in [0.25, 0.3) is 0 Å². The van der Waals surface area contributed by atoms with E-state index in [2.05, 4.69) is 17.3 Å². The van der Waals surface area contributed by atoms with Crippen LogP contribution < -0.4 is 10.7 Å². The number of benzene rings is 2. The van der Waals surface area contributed by atoms with Gasteiger partial charge in [0.1, 0.15) is 6.04 Å². The van der Waals surface area contributed by atoms with Gasteiger partial charge in [-0.05, 0) is 17.2 Å². The molecule has 5 rings (SSSR count). The summed E-state index contributed by atoms with van der Waals surface area (Å²) in [6.07, 6.45) is -3.26. The molecule has 3 aliphatic rings. The lowest BCUT2D eigenvalue weighted by atomic mass is 9.91. The molecule has 0 radical (unpaired) electrons. The van der Waals surface area contributed by atoms with E-state index in [0.717, 1.165) is 6.07 Å². The highest BCUT2D eigenvalue weighted by atomic mass is 19.4. The van der Waals surface area contributed by atoms with E-state index in [1.807, 2.05) is 0 Å². The third-order valence-electron chi connectivity index (χ3n) is 7.09. The first-order valence-electron chi connectivity index (χ1n) is 12.8. The number of halogens is 3. The van der Waals surface area contributed by atoms with E-state index in [1.165, 1.54) is 34.1 Å². The molecule has 210 valence electrons. The second-order valence-corrected chi connectivity index (χ2v) is 9.55. The summed E-state index contributed by atoms with van der Waals surface area (Å²) < 4.78 is 47.3. The van der Waals surface area contributed by atoms with Crippen molar-refractivity contribution in [1.82, 2.24) is 25.6 Å². The molecule has 1 fully saturated rings. The summed E-state index contributed by atoms with van der Waals surface area (Å²) >= 11 is 0. The van der Waals surface area contributed by atoms with Crippen LogP contribution in [-0.4, -0.2) is 72.0 Å². The first-order chi connectivity index (χ1) is 19.2. The molecule has 3 heterocycles. The molecular formula is C28H28F3N5O4. The molecule has 2 aromatic carbocycles. The lowest BCUT2D eigenvalue weighted by Crippen LogP contribution is -2.52. The lowest BCUT2D eigenvalue weighted by Gasteiger charge is -2.33. The van der Waals surface area contributed by atoms with Crippen LogP contribution in [0.1, 0.15) is 28.8 Å². The molecular weight excluding hydrogens is 527 g/mol. The van der Waals surface area contributed by atoms with Crippen molar-refractivity contribution in [2.45, 2.75) is 18.3 Å². The number of alkyl halides is 3. The maximum absolute atomic E-state index is 14.1. The van der Waals surface area contributed by atoms with Crippen LogP contribution in [-0.2, 0) is 20.5 Å². The molecule has 2 atom stereocenters. The Morgan fingerprint density at radius 3 is 2.45 bits per heavy atom. The Kier molecular flexibility index (Phi) is 7.63. The third kappa shape index (κ3) is 5.19. The number of urea groups is 1. The van der Waals surface area contributed by atoms with Crippen molar-refractivity contribution in [2.24, 2.45) is 0 Å². The zero-order chi connectivity index (χ0) is 28.4. The van der Waals surface area contributed by atoms with Gasteiger partial charge in [-0.3, -0.25) is 19.9 Å². The number of amides is 4. The first-order valence-corrected chi connectivity index (χ1v) is 12.8. The maximum atomic E-state index is 14.1. The summed E-state index contributed by atoms with van der Waals surface area (Å²) in [5.74, 6) is -1.12. The number of nitrogens with one attached hydrogen (secondary N) is 2. The maximum Gasteiger partial charge on any atom is 0.416 e. The number of carbonyl (C=O) groups excluding carboxylic acids is 3. The molecule has 2 aromatic rings. The Morgan fingerprint density at radius 2 is 1.77 bits per heavy atom. The minimum Gasteiger partial charge on any atom is -0.379 e. The monoisotopic (exact) mass is 555 g/mol. The van der Waals surface area contributed by atoms with Crippen LogP contribution >= 0.6 is 0 Å². The molecule has 40 heavy (non-hydrogen) atoms. The highest BCUT2D eigenvalue weighted by Gasteiger charge is 2.49.